The van der Waals surface area contributed by atoms with Crippen LogP contribution in [0, 0.1) is 5.41 Å². The van der Waals surface area contributed by atoms with Crippen LogP contribution in [0.25, 0.3) is 0 Å². The molecule has 1 rings (SSSR count). The highest BCUT2D eigenvalue weighted by Gasteiger charge is 2.48. The topological polar surface area (TPSA) is 3.24 Å². The van der Waals surface area contributed by atoms with Crippen LogP contribution >= 0.6 is 0 Å². The minimum absolute atomic E-state index is 0.0502. The van der Waals surface area contributed by atoms with Crippen molar-refractivity contribution in [2.24, 2.45) is 5.41 Å². The molecule has 0 unspecified atom stereocenters. The third-order valence-electron chi connectivity index (χ3n) is 3.52. The Hall–Kier alpha value is -0.110. The second-order valence-corrected chi connectivity index (χ2v) is 6.95. The van der Waals surface area contributed by atoms with E-state index in [0.717, 1.165) is 0 Å². The summed E-state index contributed by atoms with van der Waals surface area (Å²) in [6.07, 6.45) is 0.00975. The van der Waals surface area contributed by atoms with Gasteiger partial charge in [0.05, 0.1) is 0 Å². The van der Waals surface area contributed by atoms with Gasteiger partial charge in [0, 0.05) is 17.6 Å². The smallest absolute Gasteiger partial charge is 0.117 e. The first-order valence-electron chi connectivity index (χ1n) is 5.97. The number of alkyl halides is 1. The number of hydrogen-bond acceptors (Lipinski definition) is 1. The van der Waals surface area contributed by atoms with Crippen LogP contribution in [0.1, 0.15) is 54.9 Å². The third-order valence-corrected chi connectivity index (χ3v) is 3.52. The summed E-state index contributed by atoms with van der Waals surface area (Å²) in [7, 11) is 0. The van der Waals surface area contributed by atoms with E-state index in [2.05, 4.69) is 46.4 Å². The molecule has 0 aromatic heterocycles. The maximum atomic E-state index is 13.8. The Balaban J connectivity index is 2.98. The van der Waals surface area contributed by atoms with E-state index in [9.17, 15) is 4.39 Å². The Morgan fingerprint density at radius 1 is 1.07 bits per heavy atom. The zero-order valence-electron chi connectivity index (χ0n) is 11.3. The van der Waals surface area contributed by atoms with Gasteiger partial charge in [0.25, 0.3) is 0 Å². The van der Waals surface area contributed by atoms with Gasteiger partial charge in [-0.3, -0.25) is 4.90 Å². The fourth-order valence-electron chi connectivity index (χ4n) is 2.83. The Morgan fingerprint density at radius 2 is 1.53 bits per heavy atom. The maximum absolute atomic E-state index is 13.8. The van der Waals surface area contributed by atoms with Crippen molar-refractivity contribution in [3.8, 4) is 0 Å². The van der Waals surface area contributed by atoms with Gasteiger partial charge in [0.15, 0.2) is 0 Å². The van der Waals surface area contributed by atoms with Crippen molar-refractivity contribution in [1.29, 1.82) is 0 Å². The van der Waals surface area contributed by atoms with E-state index in [4.69, 9.17) is 0 Å². The zero-order chi connectivity index (χ0) is 12.0. The Labute approximate surface area is 94.0 Å². The molecular weight excluding hydrogens is 189 g/mol. The van der Waals surface area contributed by atoms with Crippen LogP contribution < -0.4 is 0 Å². The van der Waals surface area contributed by atoms with Crippen molar-refractivity contribution in [1.82, 2.24) is 4.90 Å². The largest absolute Gasteiger partial charge is 0.289 e. The summed E-state index contributed by atoms with van der Waals surface area (Å²) >= 11 is 0. The molecule has 1 saturated heterocycles. The average molecular weight is 215 g/mol. The third kappa shape index (κ3) is 2.52. The lowest BCUT2D eigenvalue weighted by Crippen LogP contribution is -2.52. The molecule has 0 saturated carbocycles. The molecule has 0 bridgehead atoms. The minimum Gasteiger partial charge on any atom is -0.289 e. The summed E-state index contributed by atoms with van der Waals surface area (Å²) in [5.41, 5.74) is 0.209. The summed E-state index contributed by atoms with van der Waals surface area (Å²) in [6.45, 7) is 15.2. The summed E-state index contributed by atoms with van der Waals surface area (Å²) in [4.78, 5) is 2.36. The summed E-state index contributed by atoms with van der Waals surface area (Å²) in [5.74, 6) is 0. The molecule has 1 nitrogen and oxygen atoms in total. The van der Waals surface area contributed by atoms with E-state index in [0.29, 0.717) is 12.5 Å². The SMILES string of the molecule is C[C@H]1[C@H](F)C[C@@H](C(C)(C)C)N1C(C)(C)C. The number of hydrogen-bond donors (Lipinski definition) is 0. The van der Waals surface area contributed by atoms with Gasteiger partial charge < -0.3 is 0 Å². The second kappa shape index (κ2) is 3.73. The fourth-order valence-corrected chi connectivity index (χ4v) is 2.83. The standard InChI is InChI=1S/C13H26FN/c1-9-10(14)8-11(12(2,3)4)15(9)13(5,6)7/h9-11H,8H2,1-7H3/t9-,10+,11-/m0/s1. The molecule has 0 radical (unpaired) electrons. The molecule has 3 atom stereocenters. The number of nitrogens with zero attached hydrogens (tertiary/aromatic N) is 1. The normalized spacial score (nSPS) is 34.8. The van der Waals surface area contributed by atoms with Crippen molar-refractivity contribution in [2.75, 3.05) is 0 Å². The van der Waals surface area contributed by atoms with Gasteiger partial charge in [0.2, 0.25) is 0 Å². The van der Waals surface area contributed by atoms with Gasteiger partial charge in [-0.05, 0) is 39.5 Å². The van der Waals surface area contributed by atoms with E-state index < -0.39 is 6.17 Å². The van der Waals surface area contributed by atoms with Crippen molar-refractivity contribution < 1.29 is 4.39 Å². The first kappa shape index (κ1) is 13.0. The van der Waals surface area contributed by atoms with Gasteiger partial charge in [-0.2, -0.15) is 0 Å². The molecule has 1 aliphatic heterocycles. The van der Waals surface area contributed by atoms with Crippen molar-refractivity contribution in [3.05, 3.63) is 0 Å². The zero-order valence-corrected chi connectivity index (χ0v) is 11.3. The monoisotopic (exact) mass is 215 g/mol. The lowest BCUT2D eigenvalue weighted by Gasteiger charge is -2.45. The van der Waals surface area contributed by atoms with E-state index in [1.807, 2.05) is 6.92 Å². The highest BCUT2D eigenvalue weighted by atomic mass is 19.1. The molecule has 90 valence electrons. The van der Waals surface area contributed by atoms with Crippen molar-refractivity contribution in [2.45, 2.75) is 78.7 Å². The minimum atomic E-state index is -0.673. The van der Waals surface area contributed by atoms with Crippen LogP contribution in [-0.2, 0) is 0 Å². The van der Waals surface area contributed by atoms with Crippen molar-refractivity contribution in [3.63, 3.8) is 0 Å². The number of rotatable bonds is 0. The van der Waals surface area contributed by atoms with E-state index in [-0.39, 0.29) is 17.0 Å². The molecule has 1 fully saturated rings. The van der Waals surface area contributed by atoms with Crippen LogP contribution in [0.2, 0.25) is 0 Å². The molecule has 0 aromatic carbocycles. The van der Waals surface area contributed by atoms with Crippen LogP contribution in [-0.4, -0.2) is 28.7 Å². The molecular formula is C13H26FN. The Bertz CT molecular complexity index is 224. The van der Waals surface area contributed by atoms with Gasteiger partial charge >= 0.3 is 0 Å². The summed E-state index contributed by atoms with van der Waals surface area (Å²) < 4.78 is 13.8. The van der Waals surface area contributed by atoms with Gasteiger partial charge in [0.1, 0.15) is 6.17 Å². The molecule has 0 amide bonds. The quantitative estimate of drug-likeness (QED) is 0.596. The molecule has 0 spiro atoms. The van der Waals surface area contributed by atoms with Crippen LogP contribution in [0.4, 0.5) is 4.39 Å². The molecule has 2 heteroatoms. The maximum Gasteiger partial charge on any atom is 0.117 e. The fraction of sp³-hybridized carbons (Fsp3) is 1.00. The first-order valence-corrected chi connectivity index (χ1v) is 5.97. The van der Waals surface area contributed by atoms with E-state index in [1.165, 1.54) is 0 Å². The lowest BCUT2D eigenvalue weighted by atomic mass is 9.83. The summed E-state index contributed by atoms with van der Waals surface area (Å²) in [6, 6.07) is 0.400. The van der Waals surface area contributed by atoms with Crippen LogP contribution in [0.3, 0.4) is 0 Å². The first-order chi connectivity index (χ1) is 6.55. The predicted octanol–water partition coefficient (Wildman–Crippen LogP) is 3.63. The predicted molar refractivity (Wildman–Crippen MR) is 63.8 cm³/mol. The molecule has 1 aliphatic rings. The molecule has 0 aromatic rings. The van der Waals surface area contributed by atoms with Gasteiger partial charge in [-0.1, -0.05) is 20.8 Å². The average Bonchev–Trinajstić information content (AvgIpc) is 2.25. The van der Waals surface area contributed by atoms with Gasteiger partial charge in [-0.25, -0.2) is 4.39 Å². The lowest BCUT2D eigenvalue weighted by molar-refractivity contribution is 0.0260. The summed E-state index contributed by atoms with van der Waals surface area (Å²) in [5, 5.41) is 0. The number of halogens is 1. The second-order valence-electron chi connectivity index (χ2n) is 6.95. The van der Waals surface area contributed by atoms with Gasteiger partial charge in [-0.15, -0.1) is 0 Å². The molecule has 15 heavy (non-hydrogen) atoms. The highest BCUT2D eigenvalue weighted by Crippen LogP contribution is 2.41. The Kier molecular flexibility index (Phi) is 3.22. The number of likely N-dealkylation sites (tertiary alicyclic amines) is 1. The van der Waals surface area contributed by atoms with Crippen LogP contribution in [0.5, 0.6) is 0 Å². The molecule has 0 aliphatic carbocycles. The van der Waals surface area contributed by atoms with Crippen molar-refractivity contribution >= 4 is 0 Å². The molecule has 0 N–H and O–H groups in total. The van der Waals surface area contributed by atoms with E-state index >= 15 is 0 Å². The van der Waals surface area contributed by atoms with E-state index in [1.54, 1.807) is 0 Å². The highest BCUT2D eigenvalue weighted by molar-refractivity contribution is 5.01. The van der Waals surface area contributed by atoms with Crippen LogP contribution in [0.15, 0.2) is 0 Å². The molecule has 1 heterocycles. The Morgan fingerprint density at radius 3 is 1.80 bits per heavy atom.